The molecule has 11 aromatic rings. The van der Waals surface area contributed by atoms with E-state index in [1.165, 1.54) is 27.2 Å². The number of allylic oxidation sites excluding steroid dienone is 5. The predicted molar refractivity (Wildman–Crippen MR) is 213 cm³/mol. The Balaban J connectivity index is 1.20. The van der Waals surface area contributed by atoms with E-state index < -0.39 is 0 Å². The number of hydrogen-bond acceptors (Lipinski definition) is 5. The van der Waals surface area contributed by atoms with Gasteiger partial charge in [0.2, 0.25) is 0 Å². The Kier molecular flexibility index (Phi) is 5.93. The van der Waals surface area contributed by atoms with Gasteiger partial charge in [0.25, 0.3) is 0 Å². The average Bonchev–Trinajstić information content (AvgIpc) is 3.93. The van der Waals surface area contributed by atoms with Crippen molar-refractivity contribution in [3.05, 3.63) is 152 Å². The number of furan rings is 2. The molecule has 5 heterocycles. The molecule has 0 spiro atoms. The van der Waals surface area contributed by atoms with Crippen molar-refractivity contribution in [3.63, 3.8) is 0 Å². The Morgan fingerprint density at radius 2 is 1.27 bits per heavy atom. The topological polar surface area (TPSA) is 69.4 Å². The van der Waals surface area contributed by atoms with Crippen molar-refractivity contribution in [2.45, 2.75) is 6.92 Å². The van der Waals surface area contributed by atoms with Crippen molar-refractivity contribution >= 4 is 87.5 Å². The van der Waals surface area contributed by atoms with Crippen molar-refractivity contribution in [3.8, 4) is 22.8 Å². The van der Waals surface area contributed by atoms with E-state index >= 15 is 0 Å². The molecule has 0 unspecified atom stereocenters. The van der Waals surface area contributed by atoms with E-state index in [-0.39, 0.29) is 0 Å². The van der Waals surface area contributed by atoms with Gasteiger partial charge in [0.1, 0.15) is 22.3 Å². The second-order valence-corrected chi connectivity index (χ2v) is 13.3. The minimum atomic E-state index is 0.535. The van der Waals surface area contributed by atoms with Crippen LogP contribution >= 0.6 is 0 Å². The fourth-order valence-corrected chi connectivity index (χ4v) is 8.00. The zero-order valence-corrected chi connectivity index (χ0v) is 28.1. The summed E-state index contributed by atoms with van der Waals surface area (Å²) in [4.78, 5) is 15.3. The summed E-state index contributed by atoms with van der Waals surface area (Å²) in [6.07, 6.45) is 7.57. The highest BCUT2D eigenvalue weighted by molar-refractivity contribution is 6.26. The minimum absolute atomic E-state index is 0.535. The summed E-state index contributed by atoms with van der Waals surface area (Å²) in [6, 6.07) is 40.0. The molecule has 0 bridgehead atoms. The number of para-hydroxylation sites is 4. The number of aromatic nitrogens is 4. The van der Waals surface area contributed by atoms with Gasteiger partial charge < -0.3 is 13.2 Å². The van der Waals surface area contributed by atoms with Gasteiger partial charge in [0, 0.05) is 48.7 Å². The van der Waals surface area contributed by atoms with Crippen LogP contribution in [0.2, 0.25) is 0 Å². The van der Waals surface area contributed by atoms with Gasteiger partial charge >= 0.3 is 0 Å². The van der Waals surface area contributed by atoms with Gasteiger partial charge in [0.15, 0.2) is 17.5 Å². The van der Waals surface area contributed by atoms with Crippen molar-refractivity contribution in [2.75, 3.05) is 0 Å². The van der Waals surface area contributed by atoms with Gasteiger partial charge in [-0.2, -0.15) is 0 Å². The van der Waals surface area contributed by atoms with Crippen LogP contribution in [-0.2, 0) is 0 Å². The van der Waals surface area contributed by atoms with E-state index in [1.54, 1.807) is 6.08 Å². The fraction of sp³-hybridized carbons (Fsp3) is 0.0217. The summed E-state index contributed by atoms with van der Waals surface area (Å²) in [5.74, 6) is 1.66. The molecule has 11 rings (SSSR count). The Labute approximate surface area is 296 Å². The van der Waals surface area contributed by atoms with Crippen LogP contribution in [0.5, 0.6) is 0 Å². The first-order valence-electron chi connectivity index (χ1n) is 17.3. The van der Waals surface area contributed by atoms with Gasteiger partial charge in [-0.05, 0) is 48.9 Å². The zero-order valence-electron chi connectivity index (χ0n) is 28.1. The lowest BCUT2D eigenvalue weighted by Crippen LogP contribution is -2.02. The highest BCUT2D eigenvalue weighted by Gasteiger charge is 2.23. The number of rotatable bonds is 5. The molecule has 0 aliphatic heterocycles. The molecule has 0 N–H and O–H groups in total. The first-order chi connectivity index (χ1) is 25.7. The molecule has 5 aromatic heterocycles. The lowest BCUT2D eigenvalue weighted by molar-refractivity contribution is 0.669. The maximum atomic E-state index is 6.62. The van der Waals surface area contributed by atoms with Crippen molar-refractivity contribution in [1.29, 1.82) is 0 Å². The lowest BCUT2D eigenvalue weighted by atomic mass is 10.0. The first-order valence-corrected chi connectivity index (χ1v) is 17.3. The molecule has 0 aliphatic rings. The molecular formula is C46H28N4O2. The van der Waals surface area contributed by atoms with Gasteiger partial charge in [-0.15, -0.1) is 0 Å². The normalized spacial score (nSPS) is 12.8. The SMILES string of the molecule is C=C/C=C\C=C(/C)c1nc(-c2cccc3c2oc2ccccc23)nc(-c2cccc3oc4cc5c6cccc7c8ccccc8n(c5cc4c23)c76)n1. The summed E-state index contributed by atoms with van der Waals surface area (Å²) in [5, 5.41) is 8.91. The van der Waals surface area contributed by atoms with E-state index in [0.717, 1.165) is 71.5 Å². The van der Waals surface area contributed by atoms with Crippen LogP contribution in [0.1, 0.15) is 12.7 Å². The molecule has 0 aliphatic carbocycles. The third-order valence-electron chi connectivity index (χ3n) is 10.3. The molecule has 6 aromatic carbocycles. The molecule has 6 heteroatoms. The molecular weight excluding hydrogens is 641 g/mol. The van der Waals surface area contributed by atoms with Crippen molar-refractivity contribution in [2.24, 2.45) is 0 Å². The molecule has 0 amide bonds. The Morgan fingerprint density at radius 3 is 2.15 bits per heavy atom. The molecule has 52 heavy (non-hydrogen) atoms. The summed E-state index contributed by atoms with van der Waals surface area (Å²) in [5.41, 5.74) is 9.28. The average molecular weight is 669 g/mol. The van der Waals surface area contributed by atoms with Crippen molar-refractivity contribution in [1.82, 2.24) is 19.4 Å². The van der Waals surface area contributed by atoms with E-state index in [2.05, 4.69) is 83.8 Å². The molecule has 244 valence electrons. The van der Waals surface area contributed by atoms with Crippen LogP contribution < -0.4 is 0 Å². The van der Waals surface area contributed by atoms with Crippen LogP contribution in [0.25, 0.3) is 110 Å². The van der Waals surface area contributed by atoms with E-state index in [0.29, 0.717) is 17.5 Å². The van der Waals surface area contributed by atoms with Crippen LogP contribution in [0.3, 0.4) is 0 Å². The monoisotopic (exact) mass is 668 g/mol. The van der Waals surface area contributed by atoms with Crippen LogP contribution in [0, 0.1) is 0 Å². The minimum Gasteiger partial charge on any atom is -0.456 e. The largest absolute Gasteiger partial charge is 0.456 e. The summed E-state index contributed by atoms with van der Waals surface area (Å²) in [7, 11) is 0. The number of nitrogens with zero attached hydrogens (tertiary/aromatic N) is 4. The number of benzene rings is 6. The van der Waals surface area contributed by atoms with Gasteiger partial charge in [-0.1, -0.05) is 110 Å². The number of fused-ring (bicyclic) bond motifs is 12. The highest BCUT2D eigenvalue weighted by atomic mass is 16.3. The maximum Gasteiger partial charge on any atom is 0.167 e. The molecule has 0 radical (unpaired) electrons. The smallest absolute Gasteiger partial charge is 0.167 e. The molecule has 0 fully saturated rings. The summed E-state index contributed by atoms with van der Waals surface area (Å²) < 4.78 is 15.5. The number of hydrogen-bond donors (Lipinski definition) is 0. The van der Waals surface area contributed by atoms with Crippen LogP contribution in [0.4, 0.5) is 0 Å². The van der Waals surface area contributed by atoms with E-state index in [1.807, 2.05) is 67.6 Å². The Morgan fingerprint density at radius 1 is 0.577 bits per heavy atom. The quantitative estimate of drug-likeness (QED) is 0.171. The van der Waals surface area contributed by atoms with Crippen molar-refractivity contribution < 1.29 is 8.83 Å². The molecule has 0 atom stereocenters. The lowest BCUT2D eigenvalue weighted by Gasteiger charge is -2.09. The second-order valence-electron chi connectivity index (χ2n) is 13.3. The molecule has 6 nitrogen and oxygen atoms in total. The summed E-state index contributed by atoms with van der Waals surface area (Å²) in [6.45, 7) is 5.82. The predicted octanol–water partition coefficient (Wildman–Crippen LogP) is 12.3. The maximum absolute atomic E-state index is 6.62. The third-order valence-corrected chi connectivity index (χ3v) is 10.3. The summed E-state index contributed by atoms with van der Waals surface area (Å²) >= 11 is 0. The molecule has 0 saturated carbocycles. The van der Waals surface area contributed by atoms with E-state index in [9.17, 15) is 0 Å². The van der Waals surface area contributed by atoms with Gasteiger partial charge in [-0.3, -0.25) is 0 Å². The van der Waals surface area contributed by atoms with Crippen LogP contribution in [0.15, 0.2) is 155 Å². The Hall–Kier alpha value is -7.05. The zero-order chi connectivity index (χ0) is 34.5. The fourth-order valence-electron chi connectivity index (χ4n) is 8.00. The highest BCUT2D eigenvalue weighted by Crippen LogP contribution is 2.44. The first kappa shape index (κ1) is 28.8. The standard InChI is InChI=1S/C46H28N4O2/c1-3-4-5-13-26(2)44-47-45(49-46(48-44)33-20-11-18-31-28-15-7-9-22-38(28)52-43(31)33)32-19-12-23-39-41(32)35-24-37-34(25-40(35)51-39)30-17-10-16-29-27-14-6-8-21-36(27)50(37)42(29)30/h3-25H,1H2,2H3/b5-4-,26-13+. The van der Waals surface area contributed by atoms with Crippen LogP contribution in [-0.4, -0.2) is 19.4 Å². The van der Waals surface area contributed by atoms with E-state index in [4.69, 9.17) is 23.8 Å². The van der Waals surface area contributed by atoms with Gasteiger partial charge in [0.05, 0.1) is 22.1 Å². The van der Waals surface area contributed by atoms with Gasteiger partial charge in [-0.25, -0.2) is 15.0 Å². The second kappa shape index (κ2) is 10.7. The third kappa shape index (κ3) is 3.97. The molecule has 0 saturated heterocycles. The Bertz CT molecular complexity index is 3340.